The highest BCUT2D eigenvalue weighted by Gasteiger charge is 2.52. The number of furan rings is 2. The summed E-state index contributed by atoms with van der Waals surface area (Å²) in [5.74, 6) is 0.281. The second-order valence-corrected chi connectivity index (χ2v) is 25.4. The van der Waals surface area contributed by atoms with Crippen LogP contribution in [0, 0.1) is 0 Å². The molecule has 0 radical (unpaired) electrons. The van der Waals surface area contributed by atoms with Gasteiger partial charge in [-0.15, -0.1) is 0 Å². The summed E-state index contributed by atoms with van der Waals surface area (Å²) in [5.41, 5.74) is 28.1. The van der Waals surface area contributed by atoms with E-state index in [1.165, 1.54) is 5.56 Å². The van der Waals surface area contributed by atoms with Crippen LogP contribution in [0.15, 0.2) is 330 Å². The Morgan fingerprint density at radius 2 is 0.611 bits per heavy atom. The molecule has 6 heterocycles. The van der Waals surface area contributed by atoms with Crippen molar-refractivity contribution in [2.45, 2.75) is 19.8 Å². The van der Waals surface area contributed by atoms with Gasteiger partial charge in [0.2, 0.25) is 0 Å². The van der Waals surface area contributed by atoms with E-state index in [-0.39, 0.29) is 19.3 Å². The molecule has 0 bridgehead atoms. The largest absolute Gasteiger partial charge is 0.468 e. The molecule has 0 fully saturated rings. The third kappa shape index (κ3) is 8.50. The Kier molecular flexibility index (Phi) is 12.5. The molecule has 95 heavy (non-hydrogen) atoms. The predicted octanol–water partition coefficient (Wildman–Crippen LogP) is 19.4. The van der Waals surface area contributed by atoms with Crippen molar-refractivity contribution in [2.75, 3.05) is 29.4 Å². The van der Waals surface area contributed by atoms with E-state index in [1.807, 2.05) is 0 Å². The van der Waals surface area contributed by atoms with Crippen molar-refractivity contribution in [3.05, 3.63) is 327 Å². The molecule has 8 nitrogen and oxygen atoms in total. The fourth-order valence-corrected chi connectivity index (χ4v) is 15.6. The summed E-state index contributed by atoms with van der Waals surface area (Å²) in [6.45, 7) is 3.78. The number of nitrogens with zero attached hydrogens (tertiary/aromatic N) is 6. The molecule has 0 amide bonds. The second-order valence-electron chi connectivity index (χ2n) is 25.4. The Balaban J connectivity index is 0.965. The Hall–Kier alpha value is -12.1. The molecular formula is C85H60B2N6O2. The van der Waals surface area contributed by atoms with Crippen LogP contribution < -0.4 is 62.6 Å². The normalized spacial score (nSPS) is 13.1. The van der Waals surface area contributed by atoms with E-state index >= 15 is 0 Å². The molecule has 0 spiro atoms. The van der Waals surface area contributed by atoms with Crippen LogP contribution in [0.4, 0.5) is 102 Å². The van der Waals surface area contributed by atoms with E-state index in [2.05, 4.69) is 365 Å². The summed E-state index contributed by atoms with van der Waals surface area (Å²) in [6.07, 6.45) is 0. The summed E-state index contributed by atoms with van der Waals surface area (Å²) in [7, 11) is 0. The molecule has 4 aliphatic heterocycles. The first-order chi connectivity index (χ1) is 47.0. The number of hydrogen-bond donors (Lipinski definition) is 0. The molecule has 10 heteroatoms. The van der Waals surface area contributed by atoms with Crippen LogP contribution in [-0.2, 0) is 0 Å². The van der Waals surface area contributed by atoms with Gasteiger partial charge >= 0.3 is 0 Å². The van der Waals surface area contributed by atoms with Crippen molar-refractivity contribution >= 4 is 171 Å². The van der Waals surface area contributed by atoms with Crippen molar-refractivity contribution in [3.63, 3.8) is 0 Å². The Morgan fingerprint density at radius 3 is 1.00 bits per heavy atom. The zero-order valence-electron chi connectivity index (χ0n) is 52.3. The zero-order valence-corrected chi connectivity index (χ0v) is 52.3. The van der Waals surface area contributed by atoms with E-state index < -0.39 is 0 Å². The van der Waals surface area contributed by atoms with Gasteiger partial charge in [-0.1, -0.05) is 184 Å². The number of hydrogen-bond acceptors (Lipinski definition) is 8. The highest BCUT2D eigenvalue weighted by atomic mass is 16.3. The maximum absolute atomic E-state index is 7.67. The van der Waals surface area contributed by atoms with E-state index in [4.69, 9.17) is 8.83 Å². The molecule has 2 aromatic heterocycles. The van der Waals surface area contributed by atoms with Crippen LogP contribution in [-0.4, -0.2) is 13.4 Å². The second kappa shape index (κ2) is 21.8. The number of anilines is 18. The van der Waals surface area contributed by atoms with E-state index in [0.717, 1.165) is 157 Å². The van der Waals surface area contributed by atoms with Crippen molar-refractivity contribution < 1.29 is 8.83 Å². The summed E-state index contributed by atoms with van der Waals surface area (Å²) < 4.78 is 15.2. The van der Waals surface area contributed by atoms with Gasteiger partial charge < -0.3 is 38.2 Å². The third-order valence-corrected chi connectivity index (χ3v) is 19.6. The molecule has 15 aromatic rings. The van der Waals surface area contributed by atoms with Crippen LogP contribution in [0.1, 0.15) is 25.3 Å². The van der Waals surface area contributed by atoms with Gasteiger partial charge in [-0.05, 0) is 185 Å². The molecule has 0 atom stereocenters. The molecule has 448 valence electrons. The quantitative estimate of drug-likeness (QED) is 0.119. The van der Waals surface area contributed by atoms with Gasteiger partial charge in [0.1, 0.15) is 11.2 Å². The van der Waals surface area contributed by atoms with E-state index in [9.17, 15) is 0 Å². The monoisotopic (exact) mass is 1220 g/mol. The van der Waals surface area contributed by atoms with Gasteiger partial charge in [0.15, 0.2) is 0 Å². The number of benzene rings is 13. The van der Waals surface area contributed by atoms with Crippen molar-refractivity contribution in [1.82, 2.24) is 0 Å². The molecule has 0 aliphatic carbocycles. The van der Waals surface area contributed by atoms with Gasteiger partial charge in [-0.25, -0.2) is 0 Å². The lowest BCUT2D eigenvalue weighted by Crippen LogP contribution is -2.65. The van der Waals surface area contributed by atoms with E-state index in [1.54, 1.807) is 0 Å². The summed E-state index contributed by atoms with van der Waals surface area (Å²) in [6, 6.07) is 117. The van der Waals surface area contributed by atoms with Crippen LogP contribution in [0.25, 0.3) is 21.9 Å². The van der Waals surface area contributed by atoms with Crippen molar-refractivity contribution in [2.24, 2.45) is 0 Å². The van der Waals surface area contributed by atoms with Crippen LogP contribution in [0.5, 0.6) is 0 Å². The lowest BCUT2D eigenvalue weighted by molar-refractivity contribution is 0.650. The zero-order chi connectivity index (χ0) is 62.8. The van der Waals surface area contributed by atoms with Gasteiger partial charge in [-0.2, -0.15) is 0 Å². The fourth-order valence-electron chi connectivity index (χ4n) is 15.6. The minimum atomic E-state index is -0.389. The first kappa shape index (κ1) is 54.6. The lowest BCUT2D eigenvalue weighted by atomic mass is 9.32. The molecule has 0 saturated carbocycles. The maximum Gasteiger partial charge on any atom is 0.297 e. The number of rotatable bonds is 11. The lowest BCUT2D eigenvalue weighted by Gasteiger charge is -2.46. The Morgan fingerprint density at radius 1 is 0.284 bits per heavy atom. The SMILES string of the molecule is CC(C)c1ccc2oc3c(c2c1)N(c1ccccc1)c1cc(N(c2ccccc2)c2ccccc2)cc2c1B3c1cc3c(cc1N2c1ccccc1)N(c1ccccc1)c1cc(N(c2ccccc2)c2ccccc2)cc2c1B3c1oc3ccccc3c1N2c1ccccc1. The van der Waals surface area contributed by atoms with Gasteiger partial charge in [0.25, 0.3) is 13.4 Å². The minimum Gasteiger partial charge on any atom is -0.468 e. The van der Waals surface area contributed by atoms with E-state index in [0.29, 0.717) is 0 Å². The molecule has 13 aromatic carbocycles. The molecule has 0 saturated heterocycles. The Labute approximate surface area is 552 Å². The standard InChI is InChI=1S/C85H60B2N6O2/c1-56(2)57-47-48-79-69(49-57)83-85(95-79)87-71-54-70-72(55-73(71)91(63-39-21-8-22-40-63)75-51-67(53-77(81(75)87)93(83)65-43-25-10-26-44-65)89(60-33-15-5-16-34-60)61-35-17-6-18-36-61)90(62-37-19-7-20-38-62)74-50-66(88(58-29-11-3-12-30-58)59-31-13-4-14-32-59)52-76-80(74)86(70)84-82(68-45-27-28-46-78(68)94-84)92(76)64-41-23-9-24-42-64/h3-56H,1-2H3. The predicted molar refractivity (Wildman–Crippen MR) is 397 cm³/mol. The number of fused-ring (bicyclic) bond motifs is 12. The summed E-state index contributed by atoms with van der Waals surface area (Å²) in [5, 5.41) is 2.12. The molecule has 19 rings (SSSR count). The fraction of sp³-hybridized carbons (Fsp3) is 0.0353. The first-order valence-electron chi connectivity index (χ1n) is 32.8. The van der Waals surface area contributed by atoms with Crippen LogP contribution in [0.3, 0.4) is 0 Å². The van der Waals surface area contributed by atoms with Gasteiger partial charge in [-0.3, -0.25) is 0 Å². The first-order valence-corrected chi connectivity index (χ1v) is 32.8. The van der Waals surface area contributed by atoms with Crippen LogP contribution >= 0.6 is 0 Å². The Bertz CT molecular complexity index is 5370. The minimum absolute atomic E-state index is 0.281. The van der Waals surface area contributed by atoms with Crippen molar-refractivity contribution in [3.8, 4) is 0 Å². The molecule has 0 unspecified atom stereocenters. The van der Waals surface area contributed by atoms with Gasteiger partial charge in [0.05, 0.1) is 34.1 Å². The maximum atomic E-state index is 7.67. The van der Waals surface area contributed by atoms with Gasteiger partial charge in [0, 0.05) is 90.4 Å². The van der Waals surface area contributed by atoms with Crippen molar-refractivity contribution in [1.29, 1.82) is 0 Å². The molecule has 4 aliphatic rings. The average molecular weight is 1220 g/mol. The molecular weight excluding hydrogens is 1160 g/mol. The number of para-hydroxylation sites is 9. The van der Waals surface area contributed by atoms with Crippen LogP contribution in [0.2, 0.25) is 0 Å². The average Bonchev–Trinajstić information content (AvgIpc) is 1.04. The molecule has 0 N–H and O–H groups in total. The smallest absolute Gasteiger partial charge is 0.297 e. The highest BCUT2D eigenvalue weighted by Crippen LogP contribution is 2.54. The summed E-state index contributed by atoms with van der Waals surface area (Å²) >= 11 is 0. The third-order valence-electron chi connectivity index (χ3n) is 19.6. The topological polar surface area (TPSA) is 45.7 Å². The highest BCUT2D eigenvalue weighted by molar-refractivity contribution is 7.02. The summed E-state index contributed by atoms with van der Waals surface area (Å²) in [4.78, 5) is 14.8.